The van der Waals surface area contributed by atoms with Crippen LogP contribution < -0.4 is 5.73 Å². The van der Waals surface area contributed by atoms with E-state index in [0.29, 0.717) is 11.5 Å². The average molecular weight is 125 g/mol. The Hall–Kier alpha value is -1.16. The van der Waals surface area contributed by atoms with Crippen LogP contribution in [0.4, 0.5) is 5.82 Å². The lowest BCUT2D eigenvalue weighted by molar-refractivity contribution is 0.275. The van der Waals surface area contributed by atoms with Gasteiger partial charge in [0.1, 0.15) is 5.82 Å². The standard InChI is InChI=1S/C5H7N3O/c6-5-2-1-4(3-9)7-8-5/h1-2,9H,3H2,(H2,6,8). The number of aliphatic hydroxyl groups excluding tert-OH is 1. The molecule has 3 N–H and O–H groups in total. The predicted octanol–water partition coefficient (Wildman–Crippen LogP) is -0.449. The summed E-state index contributed by atoms with van der Waals surface area (Å²) in [5.41, 5.74) is 5.76. The first-order chi connectivity index (χ1) is 4.33. The zero-order valence-corrected chi connectivity index (χ0v) is 4.78. The molecule has 0 fully saturated rings. The number of rotatable bonds is 1. The van der Waals surface area contributed by atoms with Gasteiger partial charge in [0.15, 0.2) is 0 Å². The average Bonchev–Trinajstić information content (AvgIpc) is 1.90. The van der Waals surface area contributed by atoms with Gasteiger partial charge >= 0.3 is 0 Å². The molecule has 1 aromatic heterocycles. The van der Waals surface area contributed by atoms with Crippen molar-refractivity contribution in [3.63, 3.8) is 0 Å². The van der Waals surface area contributed by atoms with Gasteiger partial charge in [0.2, 0.25) is 0 Å². The number of hydrogen-bond donors (Lipinski definition) is 2. The van der Waals surface area contributed by atoms with Crippen LogP contribution in [0.25, 0.3) is 0 Å². The summed E-state index contributed by atoms with van der Waals surface area (Å²) in [6.07, 6.45) is 0. The Morgan fingerprint density at radius 3 is 2.67 bits per heavy atom. The molecule has 0 aliphatic rings. The second-order valence-electron chi connectivity index (χ2n) is 1.61. The van der Waals surface area contributed by atoms with Crippen LogP contribution in [0.1, 0.15) is 5.69 Å². The van der Waals surface area contributed by atoms with Crippen molar-refractivity contribution in [3.05, 3.63) is 17.8 Å². The number of aromatic nitrogens is 2. The molecule has 0 aromatic carbocycles. The molecule has 0 aliphatic carbocycles. The van der Waals surface area contributed by atoms with Crippen LogP contribution in [0, 0.1) is 0 Å². The minimum Gasteiger partial charge on any atom is -0.390 e. The molecule has 4 nitrogen and oxygen atoms in total. The van der Waals surface area contributed by atoms with Gasteiger partial charge < -0.3 is 10.8 Å². The highest BCUT2D eigenvalue weighted by Gasteiger charge is 1.89. The Balaban J connectivity index is 2.88. The van der Waals surface area contributed by atoms with E-state index in [1.54, 1.807) is 12.1 Å². The molecule has 0 spiro atoms. The van der Waals surface area contributed by atoms with Gasteiger partial charge in [-0.25, -0.2) is 0 Å². The second kappa shape index (κ2) is 2.41. The molecule has 48 valence electrons. The third kappa shape index (κ3) is 1.36. The van der Waals surface area contributed by atoms with Crippen molar-refractivity contribution in [3.8, 4) is 0 Å². The van der Waals surface area contributed by atoms with E-state index in [-0.39, 0.29) is 6.61 Å². The Labute approximate surface area is 52.3 Å². The Morgan fingerprint density at radius 1 is 1.44 bits per heavy atom. The van der Waals surface area contributed by atoms with Gasteiger partial charge in [-0.05, 0) is 12.1 Å². The highest BCUT2D eigenvalue weighted by Crippen LogP contribution is 1.95. The number of nitrogens with two attached hydrogens (primary N) is 1. The monoisotopic (exact) mass is 125 g/mol. The van der Waals surface area contributed by atoms with Crippen molar-refractivity contribution < 1.29 is 5.11 Å². The van der Waals surface area contributed by atoms with Gasteiger partial charge in [-0.1, -0.05) is 0 Å². The maximum absolute atomic E-state index is 8.49. The third-order valence-corrected chi connectivity index (χ3v) is 0.902. The molecule has 0 saturated heterocycles. The molecule has 1 heterocycles. The summed E-state index contributed by atoms with van der Waals surface area (Å²) in [6.45, 7) is -0.0900. The van der Waals surface area contributed by atoms with Gasteiger partial charge in [-0.3, -0.25) is 0 Å². The van der Waals surface area contributed by atoms with Crippen LogP contribution in [0.15, 0.2) is 12.1 Å². The van der Waals surface area contributed by atoms with E-state index >= 15 is 0 Å². The number of anilines is 1. The number of nitrogen functional groups attached to an aromatic ring is 1. The smallest absolute Gasteiger partial charge is 0.146 e. The van der Waals surface area contributed by atoms with Crippen molar-refractivity contribution in [1.82, 2.24) is 10.2 Å². The summed E-state index contributed by atoms with van der Waals surface area (Å²) in [5.74, 6) is 0.368. The summed E-state index contributed by atoms with van der Waals surface area (Å²) < 4.78 is 0. The molecule has 9 heavy (non-hydrogen) atoms. The Bertz CT molecular complexity index is 184. The third-order valence-electron chi connectivity index (χ3n) is 0.902. The van der Waals surface area contributed by atoms with Crippen molar-refractivity contribution in [2.45, 2.75) is 6.61 Å². The van der Waals surface area contributed by atoms with Crippen LogP contribution in [0.2, 0.25) is 0 Å². The second-order valence-corrected chi connectivity index (χ2v) is 1.61. The fraction of sp³-hybridized carbons (Fsp3) is 0.200. The van der Waals surface area contributed by atoms with E-state index in [2.05, 4.69) is 10.2 Å². The normalized spacial score (nSPS) is 9.44. The minimum absolute atomic E-state index is 0.0900. The molecule has 1 aromatic rings. The summed E-state index contributed by atoms with van der Waals surface area (Å²) >= 11 is 0. The Morgan fingerprint density at radius 2 is 2.22 bits per heavy atom. The van der Waals surface area contributed by atoms with E-state index in [4.69, 9.17) is 10.8 Å². The van der Waals surface area contributed by atoms with Crippen LogP contribution in [0.3, 0.4) is 0 Å². The van der Waals surface area contributed by atoms with Gasteiger partial charge in [-0.2, -0.15) is 5.10 Å². The topological polar surface area (TPSA) is 72.0 Å². The zero-order chi connectivity index (χ0) is 6.69. The molecule has 0 bridgehead atoms. The molecular formula is C5H7N3O. The van der Waals surface area contributed by atoms with E-state index in [0.717, 1.165) is 0 Å². The zero-order valence-electron chi connectivity index (χ0n) is 4.78. The maximum Gasteiger partial charge on any atom is 0.146 e. The fourth-order valence-electron chi connectivity index (χ4n) is 0.455. The first-order valence-electron chi connectivity index (χ1n) is 2.52. The SMILES string of the molecule is Nc1ccc(CO)nn1. The van der Waals surface area contributed by atoms with E-state index in [9.17, 15) is 0 Å². The van der Waals surface area contributed by atoms with Crippen LogP contribution >= 0.6 is 0 Å². The maximum atomic E-state index is 8.49. The largest absolute Gasteiger partial charge is 0.390 e. The van der Waals surface area contributed by atoms with Gasteiger partial charge in [-0.15, -0.1) is 5.10 Å². The van der Waals surface area contributed by atoms with Crippen LogP contribution in [0.5, 0.6) is 0 Å². The summed E-state index contributed by atoms with van der Waals surface area (Å²) in [4.78, 5) is 0. The summed E-state index contributed by atoms with van der Waals surface area (Å²) in [7, 11) is 0. The number of nitrogens with zero attached hydrogens (tertiary/aromatic N) is 2. The molecule has 0 amide bonds. The van der Waals surface area contributed by atoms with Crippen molar-refractivity contribution in [1.29, 1.82) is 0 Å². The molecule has 4 heteroatoms. The van der Waals surface area contributed by atoms with E-state index in [1.165, 1.54) is 0 Å². The quantitative estimate of drug-likeness (QED) is 0.533. The fourth-order valence-corrected chi connectivity index (χ4v) is 0.455. The number of aliphatic hydroxyl groups is 1. The minimum atomic E-state index is -0.0900. The van der Waals surface area contributed by atoms with Gasteiger partial charge in [0, 0.05) is 0 Å². The highest BCUT2D eigenvalue weighted by molar-refractivity contribution is 5.25. The lowest BCUT2D eigenvalue weighted by atomic mass is 10.4. The van der Waals surface area contributed by atoms with Gasteiger partial charge in [0.05, 0.1) is 12.3 Å². The van der Waals surface area contributed by atoms with Crippen LogP contribution in [-0.2, 0) is 6.61 Å². The first-order valence-corrected chi connectivity index (χ1v) is 2.52. The predicted molar refractivity (Wildman–Crippen MR) is 32.4 cm³/mol. The molecule has 0 aliphatic heterocycles. The van der Waals surface area contributed by atoms with Crippen molar-refractivity contribution in [2.24, 2.45) is 0 Å². The van der Waals surface area contributed by atoms with Crippen LogP contribution in [-0.4, -0.2) is 15.3 Å². The summed E-state index contributed by atoms with van der Waals surface area (Å²) in [5, 5.41) is 15.6. The van der Waals surface area contributed by atoms with Crippen molar-refractivity contribution in [2.75, 3.05) is 5.73 Å². The molecule has 0 saturated carbocycles. The van der Waals surface area contributed by atoms with Gasteiger partial charge in [0.25, 0.3) is 0 Å². The molecule has 0 unspecified atom stereocenters. The highest BCUT2D eigenvalue weighted by atomic mass is 16.3. The van der Waals surface area contributed by atoms with Crippen molar-refractivity contribution >= 4 is 5.82 Å². The molecule has 0 radical (unpaired) electrons. The molecule has 0 atom stereocenters. The van der Waals surface area contributed by atoms with E-state index < -0.39 is 0 Å². The molecule has 1 rings (SSSR count). The lowest BCUT2D eigenvalue weighted by Gasteiger charge is -1.91. The molecular weight excluding hydrogens is 118 g/mol. The summed E-state index contributed by atoms with van der Waals surface area (Å²) in [6, 6.07) is 3.22. The first kappa shape index (κ1) is 5.97. The number of hydrogen-bond acceptors (Lipinski definition) is 4. The Kier molecular flexibility index (Phi) is 1.60. The van der Waals surface area contributed by atoms with E-state index in [1.807, 2.05) is 0 Å². The lowest BCUT2D eigenvalue weighted by Crippen LogP contribution is -1.95.